The fourth-order valence-corrected chi connectivity index (χ4v) is 1.18. The van der Waals surface area contributed by atoms with Gasteiger partial charge in [0, 0.05) is 24.8 Å². The van der Waals surface area contributed by atoms with Gasteiger partial charge in [0.2, 0.25) is 0 Å². The molecule has 0 saturated heterocycles. The van der Waals surface area contributed by atoms with Crippen molar-refractivity contribution in [3.05, 3.63) is 33.9 Å². The van der Waals surface area contributed by atoms with Crippen molar-refractivity contribution in [2.75, 3.05) is 18.8 Å². The molecule has 0 aliphatic heterocycles. The average molecular weight is 224 g/mol. The van der Waals surface area contributed by atoms with E-state index >= 15 is 0 Å². The number of carbonyl (C=O) groups excluding carboxylic acids is 1. The number of hydrogen-bond donors (Lipinski definition) is 3. The van der Waals surface area contributed by atoms with Crippen LogP contribution in [0, 0.1) is 10.1 Å². The fraction of sp³-hybridized carbons (Fsp3) is 0.222. The molecule has 7 heteroatoms. The third-order valence-electron chi connectivity index (χ3n) is 1.89. The predicted molar refractivity (Wildman–Crippen MR) is 58.9 cm³/mol. The van der Waals surface area contributed by atoms with Crippen LogP contribution >= 0.6 is 0 Å². The summed E-state index contributed by atoms with van der Waals surface area (Å²) >= 11 is 0. The normalized spacial score (nSPS) is 9.81. The fourth-order valence-electron chi connectivity index (χ4n) is 1.18. The minimum absolute atomic E-state index is 0.0570. The second-order valence-corrected chi connectivity index (χ2v) is 3.08. The molecule has 0 fully saturated rings. The summed E-state index contributed by atoms with van der Waals surface area (Å²) in [5.41, 5.74) is 10.6. The molecule has 0 unspecified atom stereocenters. The van der Waals surface area contributed by atoms with Gasteiger partial charge in [-0.15, -0.1) is 0 Å². The molecule has 0 aliphatic rings. The van der Waals surface area contributed by atoms with Gasteiger partial charge in [-0.2, -0.15) is 0 Å². The molecule has 0 bridgehead atoms. The first-order valence-corrected chi connectivity index (χ1v) is 4.58. The third-order valence-corrected chi connectivity index (χ3v) is 1.89. The van der Waals surface area contributed by atoms with Crippen LogP contribution in [-0.4, -0.2) is 23.9 Å². The zero-order valence-electron chi connectivity index (χ0n) is 8.47. The van der Waals surface area contributed by atoms with Crippen molar-refractivity contribution in [1.29, 1.82) is 0 Å². The van der Waals surface area contributed by atoms with Gasteiger partial charge >= 0.3 is 0 Å². The Morgan fingerprint density at radius 1 is 1.50 bits per heavy atom. The van der Waals surface area contributed by atoms with Gasteiger partial charge in [-0.1, -0.05) is 0 Å². The maximum atomic E-state index is 11.6. The van der Waals surface area contributed by atoms with Crippen molar-refractivity contribution < 1.29 is 9.72 Å². The quantitative estimate of drug-likeness (QED) is 0.373. The Balaban J connectivity index is 3.04. The summed E-state index contributed by atoms with van der Waals surface area (Å²) in [5.74, 6) is -0.551. The van der Waals surface area contributed by atoms with Gasteiger partial charge in [-0.05, 0) is 12.1 Å². The smallest absolute Gasteiger partial charge is 0.282 e. The second kappa shape index (κ2) is 5.08. The number of rotatable bonds is 4. The van der Waals surface area contributed by atoms with Gasteiger partial charge in [-0.3, -0.25) is 14.9 Å². The Bertz CT molecular complexity index is 419. The van der Waals surface area contributed by atoms with E-state index in [9.17, 15) is 14.9 Å². The van der Waals surface area contributed by atoms with E-state index in [1.165, 1.54) is 18.2 Å². The molecular formula is C9H12N4O3. The van der Waals surface area contributed by atoms with Crippen molar-refractivity contribution in [3.8, 4) is 0 Å². The number of nitrogens with one attached hydrogen (secondary N) is 1. The highest BCUT2D eigenvalue weighted by Crippen LogP contribution is 2.20. The number of benzene rings is 1. The first kappa shape index (κ1) is 11.9. The van der Waals surface area contributed by atoms with Crippen LogP contribution in [0.15, 0.2) is 18.2 Å². The van der Waals surface area contributed by atoms with Gasteiger partial charge in [-0.25, -0.2) is 0 Å². The van der Waals surface area contributed by atoms with Gasteiger partial charge in [0.25, 0.3) is 11.6 Å². The van der Waals surface area contributed by atoms with Crippen molar-refractivity contribution in [2.24, 2.45) is 5.73 Å². The van der Waals surface area contributed by atoms with Crippen molar-refractivity contribution in [3.63, 3.8) is 0 Å². The van der Waals surface area contributed by atoms with Gasteiger partial charge in [0.1, 0.15) is 5.56 Å². The number of nitrogen functional groups attached to an aromatic ring is 1. The van der Waals surface area contributed by atoms with Crippen LogP contribution in [0.25, 0.3) is 0 Å². The molecule has 0 saturated carbocycles. The minimum atomic E-state index is -0.628. The van der Waals surface area contributed by atoms with Gasteiger partial charge < -0.3 is 16.8 Å². The van der Waals surface area contributed by atoms with E-state index in [1.54, 1.807) is 0 Å². The van der Waals surface area contributed by atoms with Crippen molar-refractivity contribution in [2.45, 2.75) is 0 Å². The SMILES string of the molecule is NCCNC(=O)c1cc(N)ccc1[N+](=O)[O-]. The van der Waals surface area contributed by atoms with Crippen LogP contribution in [0.3, 0.4) is 0 Å². The molecule has 0 aliphatic carbocycles. The summed E-state index contributed by atoms with van der Waals surface area (Å²) in [4.78, 5) is 21.6. The van der Waals surface area contributed by atoms with E-state index in [0.29, 0.717) is 5.69 Å². The molecule has 16 heavy (non-hydrogen) atoms. The number of carbonyl (C=O) groups is 1. The topological polar surface area (TPSA) is 124 Å². The number of nitrogens with zero attached hydrogens (tertiary/aromatic N) is 1. The first-order valence-electron chi connectivity index (χ1n) is 4.58. The Morgan fingerprint density at radius 2 is 2.19 bits per heavy atom. The summed E-state index contributed by atoms with van der Waals surface area (Å²) in [7, 11) is 0. The Kier molecular flexibility index (Phi) is 3.78. The lowest BCUT2D eigenvalue weighted by molar-refractivity contribution is -0.385. The number of amides is 1. The predicted octanol–water partition coefficient (Wildman–Crippen LogP) is -0.134. The molecule has 0 atom stereocenters. The Hall–Kier alpha value is -2.15. The van der Waals surface area contributed by atoms with E-state index < -0.39 is 10.8 Å². The summed E-state index contributed by atoms with van der Waals surface area (Å²) in [6.07, 6.45) is 0. The molecule has 86 valence electrons. The standard InChI is InChI=1S/C9H12N4O3/c10-3-4-12-9(14)7-5-6(11)1-2-8(7)13(15)16/h1-2,5H,3-4,10-11H2,(H,12,14). The number of hydrogen-bond acceptors (Lipinski definition) is 5. The lowest BCUT2D eigenvalue weighted by Gasteiger charge is -2.05. The number of anilines is 1. The molecule has 0 radical (unpaired) electrons. The molecule has 1 rings (SSSR count). The lowest BCUT2D eigenvalue weighted by atomic mass is 10.1. The third kappa shape index (κ3) is 2.67. The van der Waals surface area contributed by atoms with Crippen LogP contribution < -0.4 is 16.8 Å². The lowest BCUT2D eigenvalue weighted by Crippen LogP contribution is -2.29. The maximum absolute atomic E-state index is 11.6. The van der Waals surface area contributed by atoms with E-state index in [1.807, 2.05) is 0 Å². The highest BCUT2D eigenvalue weighted by atomic mass is 16.6. The summed E-state index contributed by atoms with van der Waals surface area (Å²) < 4.78 is 0. The zero-order valence-corrected chi connectivity index (χ0v) is 8.47. The van der Waals surface area contributed by atoms with Crippen LogP contribution in [0.4, 0.5) is 11.4 Å². The Morgan fingerprint density at radius 3 is 2.75 bits per heavy atom. The van der Waals surface area contributed by atoms with Gasteiger partial charge in [0.15, 0.2) is 0 Å². The van der Waals surface area contributed by atoms with E-state index in [4.69, 9.17) is 11.5 Å². The summed E-state index contributed by atoms with van der Waals surface area (Å²) in [5, 5.41) is 13.1. The highest BCUT2D eigenvalue weighted by Gasteiger charge is 2.19. The maximum Gasteiger partial charge on any atom is 0.282 e. The molecule has 0 spiro atoms. The van der Waals surface area contributed by atoms with Crippen LogP contribution in [0.1, 0.15) is 10.4 Å². The number of nitro benzene ring substituents is 1. The monoisotopic (exact) mass is 224 g/mol. The second-order valence-electron chi connectivity index (χ2n) is 3.08. The zero-order chi connectivity index (χ0) is 12.1. The summed E-state index contributed by atoms with van der Waals surface area (Å²) in [6.45, 7) is 0.520. The first-order chi connectivity index (χ1) is 7.56. The highest BCUT2D eigenvalue weighted by molar-refractivity contribution is 5.99. The Labute approximate surface area is 91.6 Å². The average Bonchev–Trinajstić information content (AvgIpc) is 2.25. The van der Waals surface area contributed by atoms with Crippen molar-refractivity contribution >= 4 is 17.3 Å². The van der Waals surface area contributed by atoms with Crippen LogP contribution in [-0.2, 0) is 0 Å². The molecule has 7 nitrogen and oxygen atoms in total. The molecule has 0 heterocycles. The molecule has 0 aromatic heterocycles. The molecule has 1 aromatic carbocycles. The molecule has 1 amide bonds. The van der Waals surface area contributed by atoms with E-state index in [0.717, 1.165) is 0 Å². The largest absolute Gasteiger partial charge is 0.399 e. The van der Waals surface area contributed by atoms with E-state index in [2.05, 4.69) is 5.32 Å². The number of nitrogens with two attached hydrogens (primary N) is 2. The molecule has 5 N–H and O–H groups in total. The van der Waals surface area contributed by atoms with Gasteiger partial charge in [0.05, 0.1) is 4.92 Å². The minimum Gasteiger partial charge on any atom is -0.399 e. The summed E-state index contributed by atoms with van der Waals surface area (Å²) in [6, 6.07) is 3.84. The molecule has 1 aromatic rings. The van der Waals surface area contributed by atoms with Crippen LogP contribution in [0.5, 0.6) is 0 Å². The van der Waals surface area contributed by atoms with E-state index in [-0.39, 0.29) is 24.3 Å². The molecular weight excluding hydrogens is 212 g/mol. The van der Waals surface area contributed by atoms with Crippen molar-refractivity contribution in [1.82, 2.24) is 5.32 Å². The number of nitro groups is 1. The van der Waals surface area contributed by atoms with Crippen LogP contribution in [0.2, 0.25) is 0 Å².